The molecule has 0 amide bonds. The molecule has 5 rings (SSSR count). The highest BCUT2D eigenvalue weighted by Crippen LogP contribution is 2.47. The first kappa shape index (κ1) is 38.0. The number of pyridine rings is 1. The maximum absolute atomic E-state index is 13.2. The van der Waals surface area contributed by atoms with Crippen LogP contribution in [0.5, 0.6) is 0 Å². The van der Waals surface area contributed by atoms with Gasteiger partial charge < -0.3 is 4.80 Å². The van der Waals surface area contributed by atoms with Gasteiger partial charge in [0.25, 0.3) is 0 Å². The molecule has 2 unspecified atom stereocenters. The van der Waals surface area contributed by atoms with Gasteiger partial charge in [-0.1, -0.05) is 61.9 Å². The van der Waals surface area contributed by atoms with E-state index in [0.29, 0.717) is 28.2 Å². The van der Waals surface area contributed by atoms with E-state index < -0.39 is 31.8 Å². The number of thiazole rings is 1. The van der Waals surface area contributed by atoms with Gasteiger partial charge in [-0.05, 0) is 92.7 Å². The Bertz CT molecular complexity index is 1850. The van der Waals surface area contributed by atoms with Crippen LogP contribution in [0.1, 0.15) is 66.1 Å². The molecule has 0 radical (unpaired) electrons. The molecule has 2 atom stereocenters. The molecule has 12 heteroatoms. The van der Waals surface area contributed by atoms with Gasteiger partial charge in [-0.15, -0.1) is 23.1 Å². The molecule has 266 valence electrons. The first-order valence-electron chi connectivity index (χ1n) is 16.2. The lowest BCUT2D eigenvalue weighted by Crippen LogP contribution is -2.39. The van der Waals surface area contributed by atoms with Gasteiger partial charge in [-0.25, -0.2) is 4.98 Å². The van der Waals surface area contributed by atoms with E-state index in [1.165, 1.54) is 46.7 Å². The summed E-state index contributed by atoms with van der Waals surface area (Å²) in [4.78, 5) is 21.2. The number of rotatable bonds is 10. The van der Waals surface area contributed by atoms with Crippen molar-refractivity contribution in [3.8, 4) is 21.8 Å². The smallest absolute Gasteiger partial charge is 0.416 e. The van der Waals surface area contributed by atoms with Crippen molar-refractivity contribution >= 4 is 31.4 Å². The SMILES string of the molecule is CC1=C(CC(C)(C)[Si](C)(C)O)C=CC(SC(Cc2ccc(-c3ccc(C(F)(F)F)cc3)nc2)c2sc(-c3ccc(C(F)(F)F)cc3)nc2C)C1. The number of halogens is 6. The summed E-state index contributed by atoms with van der Waals surface area (Å²) in [5.74, 6) is 0. The summed E-state index contributed by atoms with van der Waals surface area (Å²) in [7, 11) is -2.40. The Balaban J connectivity index is 1.41. The Morgan fingerprint density at radius 3 is 1.96 bits per heavy atom. The highest BCUT2D eigenvalue weighted by atomic mass is 32.2. The third kappa shape index (κ3) is 8.99. The lowest BCUT2D eigenvalue weighted by molar-refractivity contribution is -0.138. The van der Waals surface area contributed by atoms with Gasteiger partial charge >= 0.3 is 12.4 Å². The van der Waals surface area contributed by atoms with Crippen molar-refractivity contribution in [2.24, 2.45) is 0 Å². The topological polar surface area (TPSA) is 46.0 Å². The second kappa shape index (κ2) is 14.4. The van der Waals surface area contributed by atoms with Gasteiger partial charge in [0.1, 0.15) is 5.01 Å². The second-order valence-corrected chi connectivity index (χ2v) is 21.0. The molecule has 3 nitrogen and oxygen atoms in total. The van der Waals surface area contributed by atoms with Crippen LogP contribution in [0, 0.1) is 6.92 Å². The lowest BCUT2D eigenvalue weighted by atomic mass is 9.92. The van der Waals surface area contributed by atoms with Gasteiger partial charge in [0.05, 0.1) is 22.5 Å². The molecule has 2 heterocycles. The Morgan fingerprint density at radius 2 is 1.46 bits per heavy atom. The van der Waals surface area contributed by atoms with E-state index in [2.05, 4.69) is 37.9 Å². The largest absolute Gasteiger partial charge is 0.432 e. The van der Waals surface area contributed by atoms with E-state index >= 15 is 0 Å². The van der Waals surface area contributed by atoms with E-state index in [0.717, 1.165) is 53.2 Å². The average molecular weight is 747 g/mol. The van der Waals surface area contributed by atoms with Crippen molar-refractivity contribution in [1.29, 1.82) is 0 Å². The molecule has 0 saturated heterocycles. The first-order valence-corrected chi connectivity index (χ1v) is 20.9. The summed E-state index contributed by atoms with van der Waals surface area (Å²) in [5.41, 5.74) is 4.60. The molecule has 0 saturated carbocycles. The molecule has 1 N–H and O–H groups in total. The van der Waals surface area contributed by atoms with E-state index in [9.17, 15) is 31.1 Å². The fourth-order valence-electron chi connectivity index (χ4n) is 5.67. The minimum atomic E-state index is -4.42. The highest BCUT2D eigenvalue weighted by molar-refractivity contribution is 8.00. The van der Waals surface area contributed by atoms with Crippen LogP contribution in [0.15, 0.2) is 90.2 Å². The Morgan fingerprint density at radius 1 is 0.880 bits per heavy atom. The van der Waals surface area contributed by atoms with Crippen LogP contribution < -0.4 is 0 Å². The maximum atomic E-state index is 13.2. The van der Waals surface area contributed by atoms with Crippen molar-refractivity contribution in [2.45, 2.75) is 87.9 Å². The fraction of sp³-hybridized carbons (Fsp3) is 0.368. The molecule has 50 heavy (non-hydrogen) atoms. The molecule has 0 spiro atoms. The third-order valence-corrected chi connectivity index (χ3v) is 15.9. The minimum absolute atomic E-state index is 0.0568. The number of allylic oxidation sites excluding steroid dienone is 3. The zero-order valence-electron chi connectivity index (χ0n) is 28.7. The van der Waals surface area contributed by atoms with Gasteiger partial charge in [0.2, 0.25) is 0 Å². The summed E-state index contributed by atoms with van der Waals surface area (Å²) in [6, 6.07) is 13.7. The van der Waals surface area contributed by atoms with Crippen LogP contribution in [-0.4, -0.2) is 28.3 Å². The van der Waals surface area contributed by atoms with E-state index in [1.807, 2.05) is 26.1 Å². The zero-order chi connectivity index (χ0) is 36.6. The van der Waals surface area contributed by atoms with Gasteiger partial charge in [-0.3, -0.25) is 4.98 Å². The average Bonchev–Trinajstić information content (AvgIpc) is 3.42. The van der Waals surface area contributed by atoms with Crippen molar-refractivity contribution in [3.63, 3.8) is 0 Å². The van der Waals surface area contributed by atoms with Crippen LogP contribution in [0.25, 0.3) is 21.8 Å². The fourth-order valence-corrected chi connectivity index (χ4v) is 9.18. The zero-order valence-corrected chi connectivity index (χ0v) is 31.3. The molecule has 0 aliphatic heterocycles. The predicted molar refractivity (Wildman–Crippen MR) is 195 cm³/mol. The summed E-state index contributed by atoms with van der Waals surface area (Å²) < 4.78 is 78.8. The van der Waals surface area contributed by atoms with Crippen molar-refractivity contribution in [1.82, 2.24) is 9.97 Å². The number of aromatic nitrogens is 2. The Kier molecular flexibility index (Phi) is 11.0. The summed E-state index contributed by atoms with van der Waals surface area (Å²) in [5, 5.41) is 0.549. The minimum Gasteiger partial charge on any atom is -0.432 e. The summed E-state index contributed by atoms with van der Waals surface area (Å²) in [6.45, 7) is 12.3. The number of nitrogens with zero attached hydrogens (tertiary/aromatic N) is 2. The third-order valence-electron chi connectivity index (χ3n) is 9.53. The Hall–Kier alpha value is -3.19. The van der Waals surface area contributed by atoms with Gasteiger partial charge in [-0.2, -0.15) is 26.3 Å². The molecular weight excluding hydrogens is 707 g/mol. The van der Waals surface area contributed by atoms with E-state index in [1.54, 1.807) is 24.0 Å². The summed E-state index contributed by atoms with van der Waals surface area (Å²) >= 11 is 3.27. The van der Waals surface area contributed by atoms with Crippen LogP contribution in [0.4, 0.5) is 26.3 Å². The maximum Gasteiger partial charge on any atom is 0.416 e. The highest BCUT2D eigenvalue weighted by Gasteiger charge is 2.39. The molecule has 1 aliphatic carbocycles. The van der Waals surface area contributed by atoms with Crippen LogP contribution in [-0.2, 0) is 18.8 Å². The van der Waals surface area contributed by atoms with E-state index in [4.69, 9.17) is 4.98 Å². The molecule has 2 aromatic heterocycles. The number of hydrogen-bond acceptors (Lipinski definition) is 5. The number of hydrogen-bond donors (Lipinski definition) is 1. The Labute approximate surface area is 298 Å². The second-order valence-electron chi connectivity index (χ2n) is 14.0. The monoisotopic (exact) mass is 746 g/mol. The first-order chi connectivity index (χ1) is 23.2. The predicted octanol–water partition coefficient (Wildman–Crippen LogP) is 12.2. The quantitative estimate of drug-likeness (QED) is 0.130. The van der Waals surface area contributed by atoms with Crippen LogP contribution >= 0.6 is 23.1 Å². The van der Waals surface area contributed by atoms with Crippen LogP contribution in [0.3, 0.4) is 0 Å². The van der Waals surface area contributed by atoms with Crippen molar-refractivity contribution < 1.29 is 31.1 Å². The van der Waals surface area contributed by atoms with Gasteiger partial charge in [0.15, 0.2) is 8.32 Å². The van der Waals surface area contributed by atoms with Crippen molar-refractivity contribution in [2.75, 3.05) is 0 Å². The number of alkyl halides is 6. The summed E-state index contributed by atoms with van der Waals surface area (Å²) in [6.07, 6.45) is -0.454. The van der Waals surface area contributed by atoms with Gasteiger partial charge in [0, 0.05) is 32.7 Å². The number of aryl methyl sites for hydroxylation is 1. The number of benzene rings is 2. The van der Waals surface area contributed by atoms with E-state index in [-0.39, 0.29) is 15.5 Å². The van der Waals surface area contributed by atoms with Crippen LogP contribution in [0.2, 0.25) is 18.1 Å². The molecular formula is C38H40F6N2OS2Si. The molecule has 1 aliphatic rings. The molecule has 4 aromatic rings. The molecule has 0 bridgehead atoms. The standard InChI is InChI=1S/C38H40F6N2OS2Si/c1-23-19-31(17-12-28(23)21-36(3,4)50(5,6)47)48-33(34-24(2)46-35(49-34)27-10-15-30(16-11-27)38(42,43)44)20-25-7-18-32(45-22-25)26-8-13-29(14-9-26)37(39,40)41/h7-18,22,31,33,47H,19-21H2,1-6H3. The normalized spacial score (nSPS) is 16.6. The molecule has 0 fully saturated rings. The van der Waals surface area contributed by atoms with Crippen molar-refractivity contribution in [3.05, 3.63) is 117 Å². The molecule has 2 aromatic carbocycles. The lowest BCUT2D eigenvalue weighted by Gasteiger charge is -2.36. The number of thioether (sulfide) groups is 1.